The molecule has 0 fully saturated rings. The summed E-state index contributed by atoms with van der Waals surface area (Å²) in [4.78, 5) is 5.17. The fourth-order valence-electron chi connectivity index (χ4n) is 10.0. The van der Waals surface area contributed by atoms with E-state index in [-0.39, 0.29) is 0 Å². The number of hydrogen-bond acceptors (Lipinski definition) is 1. The van der Waals surface area contributed by atoms with E-state index in [9.17, 15) is 0 Å². The Kier molecular flexibility index (Phi) is 7.34. The van der Waals surface area contributed by atoms with Gasteiger partial charge in [-0.05, 0) is 135 Å². The number of hydrogen-bond donors (Lipinski definition) is 0. The first-order valence-electron chi connectivity index (χ1n) is 21.0. The van der Waals surface area contributed by atoms with Gasteiger partial charge in [-0.2, -0.15) is 0 Å². The van der Waals surface area contributed by atoms with Crippen molar-refractivity contribution in [2.45, 2.75) is 0 Å². The molecule has 13 aromatic rings. The fraction of sp³-hybridized carbons (Fsp3) is 0. The second kappa shape index (κ2) is 13.2. The molecule has 0 saturated heterocycles. The maximum absolute atomic E-state index is 5.17. The molecule has 0 unspecified atom stereocenters. The summed E-state index contributed by atoms with van der Waals surface area (Å²) in [6.07, 6.45) is 0. The van der Waals surface area contributed by atoms with Crippen molar-refractivity contribution in [2.75, 3.05) is 0 Å². The molecule has 61 heavy (non-hydrogen) atoms. The predicted molar refractivity (Wildman–Crippen MR) is 259 cm³/mol. The minimum atomic E-state index is 0.988. The second-order valence-electron chi connectivity index (χ2n) is 16.3. The Balaban J connectivity index is 0.991. The van der Waals surface area contributed by atoms with Crippen LogP contribution >= 0.6 is 0 Å². The summed E-state index contributed by atoms with van der Waals surface area (Å²) < 4.78 is 2.32. The molecule has 2 heterocycles. The van der Waals surface area contributed by atoms with Crippen molar-refractivity contribution in [1.82, 2.24) is 9.38 Å². The van der Waals surface area contributed by atoms with E-state index in [2.05, 4.69) is 223 Å². The molecule has 0 N–H and O–H groups in total. The van der Waals surface area contributed by atoms with Gasteiger partial charge < -0.3 is 0 Å². The quantitative estimate of drug-likeness (QED) is 0.129. The highest BCUT2D eigenvalue weighted by atomic mass is 15.0. The summed E-state index contributed by atoms with van der Waals surface area (Å²) in [5.74, 6) is 0. The average molecular weight is 773 g/mol. The SMILES string of the molecule is c1ccc2cc(-c3c4ccccc4c(-c4ccc5ccccc5c4)c4cc(-c5ccc(-c6ccc7c8ccccc8n8c9ccccc9nc8c7c6)cc5)ccc34)ccc2c1. The van der Waals surface area contributed by atoms with Crippen molar-refractivity contribution in [2.24, 2.45) is 0 Å². The molecule has 2 nitrogen and oxygen atoms in total. The number of fused-ring (bicyclic) bond motifs is 12. The molecule has 0 bridgehead atoms. The molecular weight excluding hydrogens is 737 g/mol. The van der Waals surface area contributed by atoms with E-state index in [1.54, 1.807) is 0 Å². The van der Waals surface area contributed by atoms with E-state index in [0.717, 1.165) is 22.1 Å². The van der Waals surface area contributed by atoms with Gasteiger partial charge in [0.05, 0.1) is 16.6 Å². The van der Waals surface area contributed by atoms with Gasteiger partial charge in [0, 0.05) is 10.8 Å². The average Bonchev–Trinajstić information content (AvgIpc) is 3.73. The van der Waals surface area contributed by atoms with E-state index in [1.807, 2.05) is 0 Å². The van der Waals surface area contributed by atoms with E-state index in [0.29, 0.717) is 0 Å². The van der Waals surface area contributed by atoms with E-state index < -0.39 is 0 Å². The lowest BCUT2D eigenvalue weighted by molar-refractivity contribution is 1.31. The Hall–Kier alpha value is -8.07. The molecule has 0 saturated carbocycles. The Morgan fingerprint density at radius 3 is 1.34 bits per heavy atom. The van der Waals surface area contributed by atoms with Gasteiger partial charge in [0.1, 0.15) is 5.65 Å². The molecule has 0 radical (unpaired) electrons. The van der Waals surface area contributed by atoms with Crippen molar-refractivity contribution in [1.29, 1.82) is 0 Å². The number of imidazole rings is 1. The first-order valence-corrected chi connectivity index (χ1v) is 21.0. The zero-order valence-electron chi connectivity index (χ0n) is 33.2. The minimum Gasteiger partial charge on any atom is -0.292 e. The van der Waals surface area contributed by atoms with Crippen LogP contribution in [-0.2, 0) is 0 Å². The number of aromatic nitrogens is 2. The third-order valence-electron chi connectivity index (χ3n) is 12.9. The lowest BCUT2D eigenvalue weighted by atomic mass is 9.84. The third kappa shape index (κ3) is 5.26. The molecular formula is C59H36N2. The zero-order chi connectivity index (χ0) is 40.0. The molecule has 11 aromatic carbocycles. The van der Waals surface area contributed by atoms with E-state index >= 15 is 0 Å². The normalized spacial score (nSPS) is 11.9. The molecule has 2 heteroatoms. The Morgan fingerprint density at radius 1 is 0.262 bits per heavy atom. The third-order valence-corrected chi connectivity index (χ3v) is 12.9. The van der Waals surface area contributed by atoms with Crippen LogP contribution in [0, 0.1) is 0 Å². The molecule has 0 spiro atoms. The maximum atomic E-state index is 5.17. The van der Waals surface area contributed by atoms with E-state index in [1.165, 1.54) is 104 Å². The maximum Gasteiger partial charge on any atom is 0.146 e. The van der Waals surface area contributed by atoms with Crippen molar-refractivity contribution in [3.8, 4) is 44.5 Å². The predicted octanol–water partition coefficient (Wildman–Crippen LogP) is 16.1. The monoisotopic (exact) mass is 772 g/mol. The summed E-state index contributed by atoms with van der Waals surface area (Å²) in [7, 11) is 0. The molecule has 0 aliphatic rings. The van der Waals surface area contributed by atoms with Crippen molar-refractivity contribution >= 4 is 81.4 Å². The minimum absolute atomic E-state index is 0.988. The van der Waals surface area contributed by atoms with Crippen LogP contribution in [0.25, 0.3) is 126 Å². The van der Waals surface area contributed by atoms with Gasteiger partial charge in [0.25, 0.3) is 0 Å². The highest BCUT2D eigenvalue weighted by molar-refractivity contribution is 6.23. The number of rotatable bonds is 4. The lowest BCUT2D eigenvalue weighted by Gasteiger charge is -2.19. The van der Waals surface area contributed by atoms with Gasteiger partial charge in [0.2, 0.25) is 0 Å². The smallest absolute Gasteiger partial charge is 0.146 e. The van der Waals surface area contributed by atoms with Gasteiger partial charge in [-0.25, -0.2) is 4.98 Å². The second-order valence-corrected chi connectivity index (χ2v) is 16.3. The van der Waals surface area contributed by atoms with Crippen LogP contribution in [0.2, 0.25) is 0 Å². The first-order chi connectivity index (χ1) is 30.2. The molecule has 2 aromatic heterocycles. The van der Waals surface area contributed by atoms with Crippen LogP contribution in [0.4, 0.5) is 0 Å². The zero-order valence-corrected chi connectivity index (χ0v) is 33.2. The Bertz CT molecular complexity index is 3930. The molecule has 0 atom stereocenters. The highest BCUT2D eigenvalue weighted by Gasteiger charge is 2.19. The Morgan fingerprint density at radius 2 is 0.705 bits per heavy atom. The topological polar surface area (TPSA) is 17.3 Å². The lowest BCUT2D eigenvalue weighted by Crippen LogP contribution is -1.92. The van der Waals surface area contributed by atoms with Crippen molar-refractivity contribution in [3.05, 3.63) is 218 Å². The number of pyridine rings is 1. The summed E-state index contributed by atoms with van der Waals surface area (Å²) in [5, 5.41) is 13.6. The van der Waals surface area contributed by atoms with E-state index in [4.69, 9.17) is 4.98 Å². The first kappa shape index (κ1) is 33.9. The summed E-state index contributed by atoms with van der Waals surface area (Å²) in [6.45, 7) is 0. The summed E-state index contributed by atoms with van der Waals surface area (Å²) >= 11 is 0. The standard InChI is InChI=1S/C59H36N2/c1-3-13-41-33-45(27-25-37(41)11-1)57-49-16-5-6-17-50(49)58(46-28-26-38-12-2-4-14-42(38)34-46)52-35-43(30-32-51(52)57)39-21-23-40(24-22-39)44-29-31-47-48-15-7-9-19-55(48)61-56-20-10-8-18-54(56)60-59(61)53(47)36-44/h1-36H. The molecule has 0 aliphatic heterocycles. The van der Waals surface area contributed by atoms with Gasteiger partial charge in [0.15, 0.2) is 0 Å². The van der Waals surface area contributed by atoms with Crippen LogP contribution in [-0.4, -0.2) is 9.38 Å². The number of benzene rings is 11. The highest BCUT2D eigenvalue weighted by Crippen LogP contribution is 2.46. The molecule has 0 aliphatic carbocycles. The number of nitrogens with zero attached hydrogens (tertiary/aromatic N) is 2. The molecule has 282 valence electrons. The molecule has 0 amide bonds. The van der Waals surface area contributed by atoms with Crippen LogP contribution in [0.5, 0.6) is 0 Å². The van der Waals surface area contributed by atoms with Gasteiger partial charge in [-0.1, -0.05) is 176 Å². The van der Waals surface area contributed by atoms with Crippen molar-refractivity contribution in [3.63, 3.8) is 0 Å². The Labute approximate surface area is 352 Å². The van der Waals surface area contributed by atoms with Crippen molar-refractivity contribution < 1.29 is 0 Å². The number of para-hydroxylation sites is 3. The summed E-state index contributed by atoms with van der Waals surface area (Å²) in [5.41, 5.74) is 14.0. The van der Waals surface area contributed by atoms with Crippen LogP contribution in [0.15, 0.2) is 218 Å². The summed E-state index contributed by atoms with van der Waals surface area (Å²) in [6, 6.07) is 80.2. The van der Waals surface area contributed by atoms with Crippen LogP contribution in [0.3, 0.4) is 0 Å². The van der Waals surface area contributed by atoms with Gasteiger partial charge >= 0.3 is 0 Å². The van der Waals surface area contributed by atoms with Gasteiger partial charge in [-0.3, -0.25) is 4.40 Å². The molecule has 13 rings (SSSR count). The fourth-order valence-corrected chi connectivity index (χ4v) is 10.0. The largest absolute Gasteiger partial charge is 0.292 e. The van der Waals surface area contributed by atoms with Gasteiger partial charge in [-0.15, -0.1) is 0 Å². The van der Waals surface area contributed by atoms with Crippen LogP contribution < -0.4 is 0 Å². The van der Waals surface area contributed by atoms with Crippen LogP contribution in [0.1, 0.15) is 0 Å².